The summed E-state index contributed by atoms with van der Waals surface area (Å²) in [5.74, 6) is 1.06. The van der Waals surface area contributed by atoms with Gasteiger partial charge in [0.15, 0.2) is 0 Å². The Hall–Kier alpha value is -0.940. The van der Waals surface area contributed by atoms with Crippen LogP contribution in [0.4, 0.5) is 0 Å². The van der Waals surface area contributed by atoms with Gasteiger partial charge in [0.05, 0.1) is 11.2 Å². The zero-order chi connectivity index (χ0) is 14.2. The summed E-state index contributed by atoms with van der Waals surface area (Å²) in [6, 6.07) is 10.4. The molecule has 4 saturated carbocycles. The molecule has 4 fully saturated rings. The first-order valence-corrected chi connectivity index (χ1v) is 7.58. The van der Waals surface area contributed by atoms with Crippen LogP contribution in [0, 0.1) is 11.8 Å². The van der Waals surface area contributed by atoms with Gasteiger partial charge in [0.2, 0.25) is 0 Å². The Balaban J connectivity index is 1.92. The molecular formula is C16H24N4. The third-order valence-electron chi connectivity index (χ3n) is 6.50. The number of benzene rings is 1. The molecule has 108 valence electrons. The summed E-state index contributed by atoms with van der Waals surface area (Å²) in [6.07, 6.45) is 4.07. The molecule has 8 N–H and O–H groups in total. The molecule has 20 heavy (non-hydrogen) atoms. The summed E-state index contributed by atoms with van der Waals surface area (Å²) in [4.78, 5) is 0. The maximum Gasteiger partial charge on any atom is 0.0936 e. The first kappa shape index (κ1) is 12.8. The fraction of sp³-hybridized carbons (Fsp3) is 0.625. The first-order chi connectivity index (χ1) is 9.41. The second-order valence-corrected chi connectivity index (χ2v) is 7.36. The lowest BCUT2D eigenvalue weighted by atomic mass is 9.39. The van der Waals surface area contributed by atoms with Gasteiger partial charge in [-0.15, -0.1) is 0 Å². The zero-order valence-electron chi connectivity index (χ0n) is 11.8. The van der Waals surface area contributed by atoms with Gasteiger partial charge in [0.1, 0.15) is 0 Å². The van der Waals surface area contributed by atoms with E-state index in [1.807, 2.05) is 6.07 Å². The molecule has 4 nitrogen and oxygen atoms in total. The Morgan fingerprint density at radius 2 is 1.65 bits per heavy atom. The number of rotatable bonds is 1. The van der Waals surface area contributed by atoms with Crippen molar-refractivity contribution in [2.45, 2.75) is 48.3 Å². The summed E-state index contributed by atoms with van der Waals surface area (Å²) in [5, 5.41) is 0. The molecule has 0 amide bonds. The lowest BCUT2D eigenvalue weighted by Crippen LogP contribution is -2.91. The van der Waals surface area contributed by atoms with Gasteiger partial charge < -0.3 is 22.9 Å². The third-order valence-corrected chi connectivity index (χ3v) is 6.50. The molecule has 1 aromatic carbocycles. The van der Waals surface area contributed by atoms with Gasteiger partial charge in [-0.05, 0) is 43.1 Å². The van der Waals surface area contributed by atoms with E-state index in [4.69, 9.17) is 22.9 Å². The predicted molar refractivity (Wildman–Crippen MR) is 79.6 cm³/mol. The molecule has 4 aliphatic carbocycles. The van der Waals surface area contributed by atoms with Crippen molar-refractivity contribution in [1.29, 1.82) is 0 Å². The van der Waals surface area contributed by atoms with Crippen LogP contribution in [0.2, 0.25) is 0 Å². The van der Waals surface area contributed by atoms with E-state index in [1.54, 1.807) is 0 Å². The number of hydrogen-bond acceptors (Lipinski definition) is 4. The van der Waals surface area contributed by atoms with Gasteiger partial charge in [-0.25, -0.2) is 0 Å². The highest BCUT2D eigenvalue weighted by molar-refractivity contribution is 5.41. The largest absolute Gasteiger partial charge is 0.326 e. The van der Waals surface area contributed by atoms with E-state index in [2.05, 4.69) is 24.3 Å². The second-order valence-electron chi connectivity index (χ2n) is 7.36. The SMILES string of the molecule is NC1C2CC3CC(c4ccccc4)(C2)C(N)(N)C1(N)C3. The van der Waals surface area contributed by atoms with Gasteiger partial charge in [0.25, 0.3) is 0 Å². The molecule has 0 aromatic heterocycles. The molecule has 4 heteroatoms. The quantitative estimate of drug-likeness (QED) is 0.555. The number of hydrogen-bond donors (Lipinski definition) is 4. The molecule has 5 rings (SSSR count). The normalized spacial score (nSPS) is 48.5. The van der Waals surface area contributed by atoms with E-state index in [1.165, 1.54) is 12.0 Å². The van der Waals surface area contributed by atoms with E-state index in [9.17, 15) is 0 Å². The summed E-state index contributed by atoms with van der Waals surface area (Å²) < 4.78 is 0. The van der Waals surface area contributed by atoms with Crippen molar-refractivity contribution in [3.8, 4) is 0 Å². The van der Waals surface area contributed by atoms with E-state index in [0.29, 0.717) is 11.8 Å². The maximum absolute atomic E-state index is 6.69. The van der Waals surface area contributed by atoms with Gasteiger partial charge in [-0.1, -0.05) is 30.3 Å². The molecular weight excluding hydrogens is 248 g/mol. The average Bonchev–Trinajstić information content (AvgIpc) is 2.44. The van der Waals surface area contributed by atoms with Crippen LogP contribution in [0.15, 0.2) is 30.3 Å². The summed E-state index contributed by atoms with van der Waals surface area (Å²) in [7, 11) is 0. The molecule has 0 saturated heterocycles. The molecule has 1 aromatic rings. The van der Waals surface area contributed by atoms with Crippen molar-refractivity contribution in [3.05, 3.63) is 35.9 Å². The lowest BCUT2D eigenvalue weighted by molar-refractivity contribution is -0.107. The van der Waals surface area contributed by atoms with E-state index in [0.717, 1.165) is 19.3 Å². The minimum Gasteiger partial charge on any atom is -0.326 e. The standard InChI is InChI=1S/C16H24N4/c17-13-11-6-10-7-14(9-11,12-4-2-1-3-5-12)16(19,20)15(13,18)8-10/h1-5,10-11,13H,6-9,17-20H2. The summed E-state index contributed by atoms with van der Waals surface area (Å²) in [5.41, 5.74) is 25.9. The molecule has 5 atom stereocenters. The van der Waals surface area contributed by atoms with Crippen molar-refractivity contribution in [3.63, 3.8) is 0 Å². The zero-order valence-corrected chi connectivity index (χ0v) is 11.8. The molecule has 4 bridgehead atoms. The monoisotopic (exact) mass is 272 g/mol. The van der Waals surface area contributed by atoms with Gasteiger partial charge in [-0.2, -0.15) is 0 Å². The Morgan fingerprint density at radius 1 is 0.950 bits per heavy atom. The van der Waals surface area contributed by atoms with Crippen LogP contribution in [-0.2, 0) is 5.41 Å². The van der Waals surface area contributed by atoms with Crippen molar-refractivity contribution in [2.75, 3.05) is 0 Å². The third kappa shape index (κ3) is 1.22. The highest BCUT2D eigenvalue weighted by atomic mass is 15.2. The minimum absolute atomic E-state index is 0.0779. The highest BCUT2D eigenvalue weighted by Gasteiger charge is 2.71. The van der Waals surface area contributed by atoms with Crippen LogP contribution in [0.5, 0.6) is 0 Å². The fourth-order valence-electron chi connectivity index (χ4n) is 5.54. The van der Waals surface area contributed by atoms with Gasteiger partial charge in [0, 0.05) is 11.5 Å². The molecule has 0 aliphatic heterocycles. The lowest BCUT2D eigenvalue weighted by Gasteiger charge is -2.71. The minimum atomic E-state index is -0.936. The average molecular weight is 272 g/mol. The molecule has 0 spiro atoms. The maximum atomic E-state index is 6.69. The molecule has 0 heterocycles. The van der Waals surface area contributed by atoms with E-state index in [-0.39, 0.29) is 11.5 Å². The van der Waals surface area contributed by atoms with Crippen LogP contribution in [-0.4, -0.2) is 17.2 Å². The van der Waals surface area contributed by atoms with Crippen LogP contribution < -0.4 is 22.9 Å². The fourth-order valence-corrected chi connectivity index (χ4v) is 5.54. The van der Waals surface area contributed by atoms with Crippen LogP contribution in [0.1, 0.15) is 31.2 Å². The van der Waals surface area contributed by atoms with E-state index >= 15 is 0 Å². The molecule has 0 radical (unpaired) electrons. The van der Waals surface area contributed by atoms with E-state index < -0.39 is 11.2 Å². The topological polar surface area (TPSA) is 104 Å². The van der Waals surface area contributed by atoms with Crippen molar-refractivity contribution in [2.24, 2.45) is 34.8 Å². The van der Waals surface area contributed by atoms with Crippen molar-refractivity contribution >= 4 is 0 Å². The predicted octanol–water partition coefficient (Wildman–Crippen LogP) is 0.397. The second kappa shape index (κ2) is 3.63. The Morgan fingerprint density at radius 3 is 2.35 bits per heavy atom. The van der Waals surface area contributed by atoms with Crippen LogP contribution >= 0.6 is 0 Å². The molecule has 4 aliphatic rings. The summed E-state index contributed by atoms with van der Waals surface area (Å²) >= 11 is 0. The summed E-state index contributed by atoms with van der Waals surface area (Å²) in [6.45, 7) is 0. The Kier molecular flexibility index (Phi) is 2.32. The van der Waals surface area contributed by atoms with Crippen LogP contribution in [0.3, 0.4) is 0 Å². The van der Waals surface area contributed by atoms with Crippen LogP contribution in [0.25, 0.3) is 0 Å². The highest BCUT2D eigenvalue weighted by Crippen LogP contribution is 2.62. The Labute approximate surface area is 119 Å². The van der Waals surface area contributed by atoms with Gasteiger partial charge in [-0.3, -0.25) is 0 Å². The van der Waals surface area contributed by atoms with Crippen molar-refractivity contribution in [1.82, 2.24) is 0 Å². The first-order valence-electron chi connectivity index (χ1n) is 7.58. The van der Waals surface area contributed by atoms with Crippen molar-refractivity contribution < 1.29 is 0 Å². The van der Waals surface area contributed by atoms with Gasteiger partial charge >= 0.3 is 0 Å². The molecule has 5 unspecified atom stereocenters. The Bertz CT molecular complexity index is 543. The number of nitrogens with two attached hydrogens (primary N) is 4. The smallest absolute Gasteiger partial charge is 0.0936 e.